The molecule has 0 bridgehead atoms. The van der Waals surface area contributed by atoms with Crippen LogP contribution in [0.1, 0.15) is 47.3 Å². The van der Waals surface area contributed by atoms with Crippen LogP contribution in [0.4, 0.5) is 0 Å². The molecule has 0 radical (unpaired) electrons. The normalized spacial score (nSPS) is 20.4. The van der Waals surface area contributed by atoms with Gasteiger partial charge in [-0.15, -0.1) is 0 Å². The molecule has 2 aliphatic rings. The van der Waals surface area contributed by atoms with Crippen molar-refractivity contribution in [1.82, 2.24) is 14.8 Å². The van der Waals surface area contributed by atoms with Crippen molar-refractivity contribution in [3.63, 3.8) is 0 Å². The van der Waals surface area contributed by atoms with Gasteiger partial charge in [0.05, 0.1) is 18.4 Å². The standard InChI is InChI=1S/C23H29N3O2/c27-23(26-12-4-1-5-13-26)20-8-6-7-19(15-20)16-25-14-10-22(17-25)28-18-21-9-2-3-11-24-21/h2-3,6-9,11,15,22H,1,4-5,10,12-14,16-18H2/t22-/m1/s1. The second-order valence-electron chi connectivity index (χ2n) is 7.83. The summed E-state index contributed by atoms with van der Waals surface area (Å²) >= 11 is 0. The molecule has 3 heterocycles. The van der Waals surface area contributed by atoms with E-state index >= 15 is 0 Å². The van der Waals surface area contributed by atoms with Crippen LogP contribution in [-0.2, 0) is 17.9 Å². The van der Waals surface area contributed by atoms with E-state index in [4.69, 9.17) is 4.74 Å². The molecule has 1 aromatic carbocycles. The van der Waals surface area contributed by atoms with E-state index in [0.717, 1.165) is 63.2 Å². The maximum absolute atomic E-state index is 12.7. The predicted octanol–water partition coefficient (Wildman–Crippen LogP) is 3.50. The molecular weight excluding hydrogens is 350 g/mol. The van der Waals surface area contributed by atoms with E-state index in [9.17, 15) is 4.79 Å². The summed E-state index contributed by atoms with van der Waals surface area (Å²) in [7, 11) is 0. The van der Waals surface area contributed by atoms with Gasteiger partial charge in [-0.1, -0.05) is 18.2 Å². The van der Waals surface area contributed by atoms with E-state index < -0.39 is 0 Å². The maximum atomic E-state index is 12.7. The number of amides is 1. The predicted molar refractivity (Wildman–Crippen MR) is 109 cm³/mol. The largest absolute Gasteiger partial charge is 0.371 e. The minimum Gasteiger partial charge on any atom is -0.371 e. The number of carbonyl (C=O) groups excluding carboxylic acids is 1. The zero-order valence-electron chi connectivity index (χ0n) is 16.4. The van der Waals surface area contributed by atoms with Crippen molar-refractivity contribution >= 4 is 5.91 Å². The van der Waals surface area contributed by atoms with Gasteiger partial charge in [0.1, 0.15) is 0 Å². The number of hydrogen-bond donors (Lipinski definition) is 0. The van der Waals surface area contributed by atoms with Crippen LogP contribution in [0.25, 0.3) is 0 Å². The van der Waals surface area contributed by atoms with Gasteiger partial charge in [-0.05, 0) is 55.5 Å². The third-order valence-electron chi connectivity index (χ3n) is 5.65. The summed E-state index contributed by atoms with van der Waals surface area (Å²) in [6, 6.07) is 14.1. The molecule has 2 fully saturated rings. The van der Waals surface area contributed by atoms with E-state index in [1.54, 1.807) is 6.20 Å². The number of aromatic nitrogens is 1. The van der Waals surface area contributed by atoms with Crippen LogP contribution in [0.3, 0.4) is 0 Å². The first kappa shape index (κ1) is 19.1. The second-order valence-corrected chi connectivity index (χ2v) is 7.83. The van der Waals surface area contributed by atoms with E-state index in [2.05, 4.69) is 22.0 Å². The second kappa shape index (κ2) is 9.30. The number of likely N-dealkylation sites (tertiary alicyclic amines) is 2. The van der Waals surface area contributed by atoms with Crippen LogP contribution in [0.2, 0.25) is 0 Å². The topological polar surface area (TPSA) is 45.7 Å². The highest BCUT2D eigenvalue weighted by atomic mass is 16.5. The number of carbonyl (C=O) groups is 1. The molecule has 2 aliphatic heterocycles. The molecule has 148 valence electrons. The highest BCUT2D eigenvalue weighted by molar-refractivity contribution is 5.94. The first-order valence-corrected chi connectivity index (χ1v) is 10.4. The van der Waals surface area contributed by atoms with E-state index in [0.29, 0.717) is 6.61 Å². The number of benzene rings is 1. The third kappa shape index (κ3) is 4.97. The number of nitrogens with zero attached hydrogens (tertiary/aromatic N) is 3. The molecule has 0 N–H and O–H groups in total. The monoisotopic (exact) mass is 379 g/mol. The average Bonchev–Trinajstić information content (AvgIpc) is 3.20. The summed E-state index contributed by atoms with van der Waals surface area (Å²) < 4.78 is 6.03. The molecule has 0 saturated carbocycles. The number of piperidine rings is 1. The summed E-state index contributed by atoms with van der Waals surface area (Å²) in [6.45, 7) is 5.17. The average molecular weight is 380 g/mol. The lowest BCUT2D eigenvalue weighted by Gasteiger charge is -2.27. The van der Waals surface area contributed by atoms with Crippen molar-refractivity contribution in [1.29, 1.82) is 0 Å². The van der Waals surface area contributed by atoms with Crippen LogP contribution in [0, 0.1) is 0 Å². The Hall–Kier alpha value is -2.24. The summed E-state index contributed by atoms with van der Waals surface area (Å²) in [5, 5.41) is 0. The molecule has 0 aliphatic carbocycles. The molecule has 1 aromatic heterocycles. The summed E-state index contributed by atoms with van der Waals surface area (Å²) in [5.41, 5.74) is 3.00. The Balaban J connectivity index is 1.29. The summed E-state index contributed by atoms with van der Waals surface area (Å²) in [4.78, 5) is 21.5. The van der Waals surface area contributed by atoms with Crippen molar-refractivity contribution in [3.05, 3.63) is 65.5 Å². The molecule has 5 heteroatoms. The number of pyridine rings is 1. The Morgan fingerprint density at radius 3 is 2.79 bits per heavy atom. The molecule has 4 rings (SSSR count). The quantitative estimate of drug-likeness (QED) is 0.771. The van der Waals surface area contributed by atoms with E-state index in [-0.39, 0.29) is 12.0 Å². The highest BCUT2D eigenvalue weighted by Crippen LogP contribution is 2.19. The van der Waals surface area contributed by atoms with Gasteiger partial charge in [0, 0.05) is 44.5 Å². The Kier molecular flexibility index (Phi) is 6.34. The van der Waals surface area contributed by atoms with Crippen LogP contribution >= 0.6 is 0 Å². The number of rotatable bonds is 6. The van der Waals surface area contributed by atoms with Crippen LogP contribution in [0.5, 0.6) is 0 Å². The SMILES string of the molecule is O=C(c1cccc(CN2CC[C@@H](OCc3ccccn3)C2)c1)N1CCCCC1. The minimum absolute atomic E-state index is 0.180. The molecule has 5 nitrogen and oxygen atoms in total. The van der Waals surface area contributed by atoms with Crippen molar-refractivity contribution in [3.8, 4) is 0 Å². The van der Waals surface area contributed by atoms with Crippen molar-refractivity contribution in [2.24, 2.45) is 0 Å². The maximum Gasteiger partial charge on any atom is 0.253 e. The van der Waals surface area contributed by atoms with Crippen LogP contribution in [0.15, 0.2) is 48.7 Å². The molecule has 28 heavy (non-hydrogen) atoms. The molecule has 1 atom stereocenters. The van der Waals surface area contributed by atoms with Gasteiger partial charge in [0.15, 0.2) is 0 Å². The van der Waals surface area contributed by atoms with Gasteiger partial charge < -0.3 is 9.64 Å². The fourth-order valence-electron chi connectivity index (χ4n) is 4.10. The molecular formula is C23H29N3O2. The van der Waals surface area contributed by atoms with Crippen LogP contribution in [-0.4, -0.2) is 53.0 Å². The van der Waals surface area contributed by atoms with Gasteiger partial charge in [-0.25, -0.2) is 0 Å². The third-order valence-corrected chi connectivity index (χ3v) is 5.65. The molecule has 2 saturated heterocycles. The smallest absolute Gasteiger partial charge is 0.253 e. The van der Waals surface area contributed by atoms with Gasteiger partial charge in [-0.2, -0.15) is 0 Å². The molecule has 2 aromatic rings. The Morgan fingerprint density at radius 1 is 1.07 bits per heavy atom. The highest BCUT2D eigenvalue weighted by Gasteiger charge is 2.24. The van der Waals surface area contributed by atoms with E-state index in [1.165, 1.54) is 12.0 Å². The lowest BCUT2D eigenvalue weighted by Crippen LogP contribution is -2.35. The van der Waals surface area contributed by atoms with E-state index in [1.807, 2.05) is 35.2 Å². The molecule has 0 unspecified atom stereocenters. The van der Waals surface area contributed by atoms with Gasteiger partial charge in [-0.3, -0.25) is 14.7 Å². The lowest BCUT2D eigenvalue weighted by atomic mass is 10.1. The lowest BCUT2D eigenvalue weighted by molar-refractivity contribution is 0.0443. The first-order chi connectivity index (χ1) is 13.8. The van der Waals surface area contributed by atoms with Crippen molar-refractivity contribution < 1.29 is 9.53 Å². The van der Waals surface area contributed by atoms with Gasteiger partial charge in [0.25, 0.3) is 5.91 Å². The van der Waals surface area contributed by atoms with Gasteiger partial charge >= 0.3 is 0 Å². The first-order valence-electron chi connectivity index (χ1n) is 10.4. The zero-order chi connectivity index (χ0) is 19.2. The fourth-order valence-corrected chi connectivity index (χ4v) is 4.10. The summed E-state index contributed by atoms with van der Waals surface area (Å²) in [6.07, 6.45) is 6.58. The minimum atomic E-state index is 0.180. The zero-order valence-corrected chi connectivity index (χ0v) is 16.4. The number of hydrogen-bond acceptors (Lipinski definition) is 4. The van der Waals surface area contributed by atoms with Crippen molar-refractivity contribution in [2.75, 3.05) is 26.2 Å². The van der Waals surface area contributed by atoms with Crippen molar-refractivity contribution in [2.45, 2.75) is 44.9 Å². The Morgan fingerprint density at radius 2 is 1.96 bits per heavy atom. The Labute approximate surface area is 167 Å². The van der Waals surface area contributed by atoms with Crippen LogP contribution < -0.4 is 0 Å². The molecule has 1 amide bonds. The Bertz CT molecular complexity index is 774. The number of ether oxygens (including phenoxy) is 1. The fraction of sp³-hybridized carbons (Fsp3) is 0.478. The summed E-state index contributed by atoms with van der Waals surface area (Å²) in [5.74, 6) is 0.180. The molecule has 0 spiro atoms. The van der Waals surface area contributed by atoms with Gasteiger partial charge in [0.2, 0.25) is 0 Å².